The molecule has 1 amide bonds. The number of rotatable bonds is 1. The van der Waals surface area contributed by atoms with Crippen molar-refractivity contribution in [3.63, 3.8) is 0 Å². The van der Waals surface area contributed by atoms with Gasteiger partial charge in [-0.2, -0.15) is 5.26 Å². The Labute approximate surface area is 92.7 Å². The smallest absolute Gasteiger partial charge is 0.237 e. The fraction of sp³-hybridized carbons (Fsp3) is 0.273. The van der Waals surface area contributed by atoms with Crippen molar-refractivity contribution in [2.75, 3.05) is 17.7 Å². The zero-order valence-electron chi connectivity index (χ0n) is 8.36. The number of anilines is 1. The molecule has 0 aromatic heterocycles. The van der Waals surface area contributed by atoms with Gasteiger partial charge in [-0.05, 0) is 17.7 Å². The van der Waals surface area contributed by atoms with E-state index < -0.39 is 0 Å². The summed E-state index contributed by atoms with van der Waals surface area (Å²) in [6.45, 7) is 0. The third-order valence-electron chi connectivity index (χ3n) is 2.39. The van der Waals surface area contributed by atoms with Crippen LogP contribution in [-0.4, -0.2) is 18.7 Å². The normalized spacial score (nSPS) is 14.7. The summed E-state index contributed by atoms with van der Waals surface area (Å²) < 4.78 is 0. The molecule has 0 unspecified atom stereocenters. The zero-order valence-corrected chi connectivity index (χ0v) is 9.17. The van der Waals surface area contributed by atoms with Crippen molar-refractivity contribution in [1.29, 1.82) is 5.26 Å². The second-order valence-corrected chi connectivity index (χ2v) is 4.40. The predicted octanol–water partition coefficient (Wildman–Crippen LogP) is 1.82. The van der Waals surface area contributed by atoms with E-state index in [-0.39, 0.29) is 5.91 Å². The van der Waals surface area contributed by atoms with Gasteiger partial charge in [0.15, 0.2) is 0 Å². The van der Waals surface area contributed by atoms with Crippen LogP contribution in [0.25, 0.3) is 0 Å². The van der Waals surface area contributed by atoms with Crippen molar-refractivity contribution in [2.24, 2.45) is 0 Å². The predicted molar refractivity (Wildman–Crippen MR) is 59.9 cm³/mol. The van der Waals surface area contributed by atoms with E-state index in [0.29, 0.717) is 12.2 Å². The lowest BCUT2D eigenvalue weighted by molar-refractivity contribution is -0.116. The summed E-state index contributed by atoms with van der Waals surface area (Å²) in [6.07, 6.45) is 0.422. The van der Waals surface area contributed by atoms with Gasteiger partial charge in [0.25, 0.3) is 0 Å². The number of nitrogens with zero attached hydrogens (tertiary/aromatic N) is 2. The molecule has 0 bridgehead atoms. The van der Waals surface area contributed by atoms with Gasteiger partial charge in [0.1, 0.15) is 0 Å². The lowest BCUT2D eigenvalue weighted by Crippen LogP contribution is -2.31. The molecule has 0 saturated heterocycles. The number of amides is 1. The molecular weight excluding hydrogens is 208 g/mol. The van der Waals surface area contributed by atoms with Gasteiger partial charge < -0.3 is 4.90 Å². The van der Waals surface area contributed by atoms with Crippen LogP contribution in [0.3, 0.4) is 0 Å². The van der Waals surface area contributed by atoms with Crippen molar-refractivity contribution < 1.29 is 4.79 Å². The Hall–Kier alpha value is -1.47. The molecule has 76 valence electrons. The molecule has 1 aromatic rings. The lowest BCUT2D eigenvalue weighted by Gasteiger charge is -2.25. The number of hydrogen-bond acceptors (Lipinski definition) is 3. The zero-order chi connectivity index (χ0) is 10.8. The average molecular weight is 218 g/mol. The van der Waals surface area contributed by atoms with E-state index in [1.54, 1.807) is 11.9 Å². The van der Waals surface area contributed by atoms with Crippen molar-refractivity contribution >= 4 is 23.4 Å². The van der Waals surface area contributed by atoms with Gasteiger partial charge in [-0.1, -0.05) is 6.07 Å². The molecule has 0 spiro atoms. The van der Waals surface area contributed by atoms with Gasteiger partial charge >= 0.3 is 0 Å². The van der Waals surface area contributed by atoms with E-state index in [9.17, 15) is 4.79 Å². The third kappa shape index (κ3) is 1.83. The van der Waals surface area contributed by atoms with Gasteiger partial charge in [-0.25, -0.2) is 0 Å². The summed E-state index contributed by atoms with van der Waals surface area (Å²) >= 11 is 1.54. The molecule has 0 saturated carbocycles. The SMILES string of the molecule is CN1C(=O)CSc2cc(CC#N)ccc21. The highest BCUT2D eigenvalue weighted by molar-refractivity contribution is 8.00. The van der Waals surface area contributed by atoms with E-state index >= 15 is 0 Å². The molecular formula is C11H10N2OS. The standard InChI is InChI=1S/C11H10N2OS/c1-13-9-3-2-8(4-5-12)6-10(9)15-7-11(13)14/h2-3,6H,4,7H2,1H3. The van der Waals surface area contributed by atoms with Crippen molar-refractivity contribution in [3.05, 3.63) is 23.8 Å². The summed E-state index contributed by atoms with van der Waals surface area (Å²) in [5.74, 6) is 0.611. The Morgan fingerprint density at radius 1 is 1.60 bits per heavy atom. The molecule has 0 radical (unpaired) electrons. The second kappa shape index (κ2) is 3.95. The quantitative estimate of drug-likeness (QED) is 0.722. The second-order valence-electron chi connectivity index (χ2n) is 3.38. The number of fused-ring (bicyclic) bond motifs is 1. The molecule has 0 N–H and O–H groups in total. The van der Waals surface area contributed by atoms with Crippen LogP contribution in [0.15, 0.2) is 23.1 Å². The summed E-state index contributed by atoms with van der Waals surface area (Å²) in [5.41, 5.74) is 1.95. The molecule has 0 aliphatic carbocycles. The fourth-order valence-corrected chi connectivity index (χ4v) is 2.58. The monoisotopic (exact) mass is 218 g/mol. The Bertz CT molecular complexity index is 450. The molecule has 1 aliphatic rings. The number of hydrogen-bond donors (Lipinski definition) is 0. The minimum absolute atomic E-state index is 0.125. The highest BCUT2D eigenvalue weighted by atomic mass is 32.2. The first-order valence-corrected chi connectivity index (χ1v) is 5.60. The molecule has 1 heterocycles. The van der Waals surface area contributed by atoms with Crippen molar-refractivity contribution in [3.8, 4) is 6.07 Å². The van der Waals surface area contributed by atoms with Crippen LogP contribution in [-0.2, 0) is 11.2 Å². The van der Waals surface area contributed by atoms with Crippen LogP contribution in [0.1, 0.15) is 5.56 Å². The molecule has 3 nitrogen and oxygen atoms in total. The maximum atomic E-state index is 11.4. The van der Waals surface area contributed by atoms with E-state index in [4.69, 9.17) is 5.26 Å². The lowest BCUT2D eigenvalue weighted by atomic mass is 10.1. The minimum Gasteiger partial charge on any atom is -0.314 e. The first kappa shape index (κ1) is 10.1. The molecule has 1 aromatic carbocycles. The van der Waals surface area contributed by atoms with Crippen LogP contribution < -0.4 is 4.90 Å². The molecule has 0 atom stereocenters. The van der Waals surface area contributed by atoms with Gasteiger partial charge in [0.2, 0.25) is 5.91 Å². The van der Waals surface area contributed by atoms with Crippen molar-refractivity contribution in [1.82, 2.24) is 0 Å². The highest BCUT2D eigenvalue weighted by Crippen LogP contribution is 2.35. The Morgan fingerprint density at radius 3 is 3.13 bits per heavy atom. The molecule has 2 rings (SSSR count). The average Bonchev–Trinajstić information content (AvgIpc) is 2.24. The summed E-state index contributed by atoms with van der Waals surface area (Å²) in [5, 5.41) is 8.60. The Kier molecular flexibility index (Phi) is 2.65. The maximum absolute atomic E-state index is 11.4. The molecule has 4 heteroatoms. The van der Waals surface area contributed by atoms with Gasteiger partial charge in [-0.3, -0.25) is 4.79 Å². The molecule has 0 fully saturated rings. The van der Waals surface area contributed by atoms with E-state index in [0.717, 1.165) is 16.1 Å². The third-order valence-corrected chi connectivity index (χ3v) is 3.42. The summed E-state index contributed by atoms with van der Waals surface area (Å²) in [6, 6.07) is 7.92. The largest absolute Gasteiger partial charge is 0.314 e. The maximum Gasteiger partial charge on any atom is 0.237 e. The van der Waals surface area contributed by atoms with Crippen LogP contribution in [0.4, 0.5) is 5.69 Å². The van der Waals surface area contributed by atoms with E-state index in [1.165, 1.54) is 11.8 Å². The highest BCUT2D eigenvalue weighted by Gasteiger charge is 2.21. The molecule has 15 heavy (non-hydrogen) atoms. The first-order valence-electron chi connectivity index (χ1n) is 4.61. The minimum atomic E-state index is 0.125. The first-order chi connectivity index (χ1) is 7.22. The van der Waals surface area contributed by atoms with Gasteiger partial charge in [0, 0.05) is 11.9 Å². The van der Waals surface area contributed by atoms with Crippen LogP contribution in [0.5, 0.6) is 0 Å². The van der Waals surface area contributed by atoms with Gasteiger partial charge in [0.05, 0.1) is 23.9 Å². The van der Waals surface area contributed by atoms with Crippen LogP contribution in [0, 0.1) is 11.3 Å². The Morgan fingerprint density at radius 2 is 2.40 bits per heavy atom. The van der Waals surface area contributed by atoms with Gasteiger partial charge in [-0.15, -0.1) is 11.8 Å². The number of carbonyl (C=O) groups excluding carboxylic acids is 1. The number of thioether (sulfide) groups is 1. The van der Waals surface area contributed by atoms with E-state index in [2.05, 4.69) is 6.07 Å². The van der Waals surface area contributed by atoms with Crippen LogP contribution in [0.2, 0.25) is 0 Å². The number of carbonyl (C=O) groups is 1. The topological polar surface area (TPSA) is 44.1 Å². The Balaban J connectivity index is 2.39. The number of nitriles is 1. The fourth-order valence-electron chi connectivity index (χ4n) is 1.52. The van der Waals surface area contributed by atoms with Crippen LogP contribution >= 0.6 is 11.8 Å². The van der Waals surface area contributed by atoms with Crippen molar-refractivity contribution in [2.45, 2.75) is 11.3 Å². The van der Waals surface area contributed by atoms with E-state index in [1.807, 2.05) is 18.2 Å². The summed E-state index contributed by atoms with van der Waals surface area (Å²) in [4.78, 5) is 14.2. The number of benzene rings is 1. The summed E-state index contributed by atoms with van der Waals surface area (Å²) in [7, 11) is 1.78. The molecule has 1 aliphatic heterocycles.